The molecule has 1 rings (SSSR count). The summed E-state index contributed by atoms with van der Waals surface area (Å²) in [5.41, 5.74) is 12.0. The molecule has 1 saturated heterocycles. The number of rotatable bonds is 9. The first kappa shape index (κ1) is 15.9. The van der Waals surface area contributed by atoms with Gasteiger partial charge in [0.2, 0.25) is 0 Å². The highest BCUT2D eigenvalue weighted by Gasteiger charge is 2.35. The van der Waals surface area contributed by atoms with E-state index in [9.17, 15) is 0 Å². The van der Waals surface area contributed by atoms with E-state index in [0.717, 1.165) is 13.1 Å². The van der Waals surface area contributed by atoms with Crippen molar-refractivity contribution in [3.63, 3.8) is 0 Å². The van der Waals surface area contributed by atoms with E-state index < -0.39 is 0 Å². The Balaban J connectivity index is 2.08. The van der Waals surface area contributed by atoms with Gasteiger partial charge in [0.25, 0.3) is 0 Å². The van der Waals surface area contributed by atoms with Crippen LogP contribution in [0.2, 0.25) is 0 Å². The average Bonchev–Trinajstić information content (AvgIpc) is 2.64. The minimum Gasteiger partial charge on any atom is -0.330 e. The number of nitrogens with zero attached hydrogens (tertiary/aromatic N) is 1. The van der Waals surface area contributed by atoms with E-state index in [1.807, 2.05) is 0 Å². The van der Waals surface area contributed by atoms with Crippen LogP contribution >= 0.6 is 0 Å². The first-order valence-electron chi connectivity index (χ1n) is 7.86. The molecule has 3 nitrogen and oxygen atoms in total. The topological polar surface area (TPSA) is 55.3 Å². The highest BCUT2D eigenvalue weighted by molar-refractivity contribution is 4.94. The van der Waals surface area contributed by atoms with Gasteiger partial charge in [-0.25, -0.2) is 0 Å². The van der Waals surface area contributed by atoms with Crippen molar-refractivity contribution in [2.24, 2.45) is 17.4 Å². The largest absolute Gasteiger partial charge is 0.330 e. The molecule has 1 fully saturated rings. The first-order valence-corrected chi connectivity index (χ1v) is 7.86. The minimum absolute atomic E-state index is 0.292. The molecule has 3 heteroatoms. The molecule has 0 aromatic rings. The fraction of sp³-hybridized carbons (Fsp3) is 1.00. The zero-order valence-corrected chi connectivity index (χ0v) is 12.4. The molecular weight excluding hydrogens is 222 g/mol. The van der Waals surface area contributed by atoms with Gasteiger partial charge in [-0.15, -0.1) is 0 Å². The molecule has 0 saturated carbocycles. The molecule has 1 aliphatic rings. The number of likely N-dealkylation sites (tertiary alicyclic amines) is 1. The summed E-state index contributed by atoms with van der Waals surface area (Å²) < 4.78 is 0. The van der Waals surface area contributed by atoms with Gasteiger partial charge in [0.15, 0.2) is 0 Å². The zero-order valence-electron chi connectivity index (χ0n) is 12.4. The lowest BCUT2D eigenvalue weighted by Crippen LogP contribution is -2.41. The van der Waals surface area contributed by atoms with Crippen LogP contribution in [0.4, 0.5) is 0 Å². The van der Waals surface area contributed by atoms with Crippen molar-refractivity contribution in [2.75, 3.05) is 20.1 Å². The summed E-state index contributed by atoms with van der Waals surface area (Å²) in [7, 11) is 2.20. The molecule has 0 radical (unpaired) electrons. The van der Waals surface area contributed by atoms with E-state index in [-0.39, 0.29) is 0 Å². The first-order chi connectivity index (χ1) is 8.70. The zero-order chi connectivity index (χ0) is 13.4. The van der Waals surface area contributed by atoms with Crippen LogP contribution in [0.15, 0.2) is 0 Å². The third-order valence-electron chi connectivity index (χ3n) is 4.48. The van der Waals surface area contributed by atoms with E-state index in [1.165, 1.54) is 51.4 Å². The Morgan fingerprint density at radius 1 is 1.06 bits per heavy atom. The maximum absolute atomic E-state index is 6.28. The normalized spacial score (nSPS) is 29.0. The smallest absolute Gasteiger partial charge is 0.0249 e. The van der Waals surface area contributed by atoms with Crippen molar-refractivity contribution >= 4 is 0 Å². The van der Waals surface area contributed by atoms with Gasteiger partial charge in [0, 0.05) is 24.5 Å². The predicted molar refractivity (Wildman–Crippen MR) is 79.5 cm³/mol. The molecule has 3 unspecified atom stereocenters. The summed E-state index contributed by atoms with van der Waals surface area (Å²) in [6.45, 7) is 4.09. The van der Waals surface area contributed by atoms with Gasteiger partial charge in [-0.2, -0.15) is 0 Å². The van der Waals surface area contributed by atoms with Crippen LogP contribution in [0.3, 0.4) is 0 Å². The van der Waals surface area contributed by atoms with Gasteiger partial charge < -0.3 is 16.4 Å². The van der Waals surface area contributed by atoms with Gasteiger partial charge in [-0.3, -0.25) is 0 Å². The second-order valence-corrected chi connectivity index (χ2v) is 5.99. The summed E-state index contributed by atoms with van der Waals surface area (Å²) in [5.74, 6) is 0.504. The Bertz CT molecular complexity index is 208. The lowest BCUT2D eigenvalue weighted by Gasteiger charge is -2.23. The fourth-order valence-electron chi connectivity index (χ4n) is 3.19. The van der Waals surface area contributed by atoms with E-state index in [4.69, 9.17) is 11.5 Å². The molecule has 1 heterocycles. The van der Waals surface area contributed by atoms with Crippen LogP contribution in [0.5, 0.6) is 0 Å². The van der Waals surface area contributed by atoms with E-state index in [0.29, 0.717) is 18.0 Å². The SMILES string of the molecule is CCCCCCCCCC1C(N)C(CN)CN1C. The molecule has 0 spiro atoms. The summed E-state index contributed by atoms with van der Waals surface area (Å²) in [4.78, 5) is 2.42. The second kappa shape index (κ2) is 8.89. The summed E-state index contributed by atoms with van der Waals surface area (Å²) in [6, 6.07) is 0.856. The average molecular weight is 255 g/mol. The van der Waals surface area contributed by atoms with Crippen molar-refractivity contribution in [2.45, 2.75) is 70.4 Å². The van der Waals surface area contributed by atoms with Crippen molar-refractivity contribution in [3.05, 3.63) is 0 Å². The van der Waals surface area contributed by atoms with E-state index in [2.05, 4.69) is 18.9 Å². The molecule has 108 valence electrons. The van der Waals surface area contributed by atoms with Crippen LogP contribution in [-0.2, 0) is 0 Å². The monoisotopic (exact) mass is 255 g/mol. The van der Waals surface area contributed by atoms with Crippen LogP contribution < -0.4 is 11.5 Å². The molecule has 0 amide bonds. The van der Waals surface area contributed by atoms with Crippen molar-refractivity contribution in [1.82, 2.24) is 4.90 Å². The van der Waals surface area contributed by atoms with Crippen LogP contribution in [0, 0.1) is 5.92 Å². The molecular formula is C15H33N3. The maximum Gasteiger partial charge on any atom is 0.0249 e. The van der Waals surface area contributed by atoms with Crippen molar-refractivity contribution in [3.8, 4) is 0 Å². The highest BCUT2D eigenvalue weighted by Crippen LogP contribution is 2.24. The van der Waals surface area contributed by atoms with Crippen molar-refractivity contribution < 1.29 is 0 Å². The quantitative estimate of drug-likeness (QED) is 0.622. The molecule has 0 aromatic heterocycles. The van der Waals surface area contributed by atoms with Crippen LogP contribution in [0.1, 0.15) is 58.3 Å². The van der Waals surface area contributed by atoms with Gasteiger partial charge in [0.1, 0.15) is 0 Å². The molecule has 1 aliphatic heterocycles. The third kappa shape index (κ3) is 4.87. The molecule has 4 N–H and O–H groups in total. The Hall–Kier alpha value is -0.120. The molecule has 0 bridgehead atoms. The van der Waals surface area contributed by atoms with Gasteiger partial charge >= 0.3 is 0 Å². The Kier molecular flexibility index (Phi) is 7.87. The van der Waals surface area contributed by atoms with Gasteiger partial charge in [0.05, 0.1) is 0 Å². The van der Waals surface area contributed by atoms with Crippen molar-refractivity contribution in [1.29, 1.82) is 0 Å². The molecule has 3 atom stereocenters. The maximum atomic E-state index is 6.28. The molecule has 0 aliphatic carbocycles. The van der Waals surface area contributed by atoms with Crippen LogP contribution in [-0.4, -0.2) is 37.1 Å². The fourth-order valence-corrected chi connectivity index (χ4v) is 3.19. The lowest BCUT2D eigenvalue weighted by molar-refractivity contribution is 0.276. The predicted octanol–water partition coefficient (Wildman–Crippen LogP) is 2.34. The molecule has 18 heavy (non-hydrogen) atoms. The second-order valence-electron chi connectivity index (χ2n) is 5.99. The highest BCUT2D eigenvalue weighted by atomic mass is 15.2. The third-order valence-corrected chi connectivity index (χ3v) is 4.48. The Morgan fingerprint density at radius 2 is 1.67 bits per heavy atom. The lowest BCUT2D eigenvalue weighted by atomic mass is 9.95. The van der Waals surface area contributed by atoms with Gasteiger partial charge in [-0.05, 0) is 20.0 Å². The Morgan fingerprint density at radius 3 is 2.22 bits per heavy atom. The van der Waals surface area contributed by atoms with Crippen LogP contribution in [0.25, 0.3) is 0 Å². The van der Waals surface area contributed by atoms with E-state index >= 15 is 0 Å². The van der Waals surface area contributed by atoms with Gasteiger partial charge in [-0.1, -0.05) is 51.9 Å². The summed E-state index contributed by atoms with van der Waals surface area (Å²) in [6.07, 6.45) is 10.9. The number of nitrogens with two attached hydrogens (primary N) is 2. The number of unbranched alkanes of at least 4 members (excludes halogenated alkanes) is 6. The minimum atomic E-state index is 0.292. The number of hydrogen-bond acceptors (Lipinski definition) is 3. The number of hydrogen-bond donors (Lipinski definition) is 2. The Labute approximate surface area is 113 Å². The molecule has 0 aromatic carbocycles. The van der Waals surface area contributed by atoms with E-state index in [1.54, 1.807) is 0 Å². The standard InChI is InChI=1S/C15H33N3/c1-3-4-5-6-7-8-9-10-14-15(17)13(11-16)12-18(14)2/h13-15H,3-12,16-17H2,1-2H3. The summed E-state index contributed by atoms with van der Waals surface area (Å²) in [5, 5.41) is 0. The summed E-state index contributed by atoms with van der Waals surface area (Å²) >= 11 is 0. The number of likely N-dealkylation sites (N-methyl/N-ethyl adjacent to an activating group) is 1.